The first kappa shape index (κ1) is 48.9. The molecule has 0 heteroatoms. The van der Waals surface area contributed by atoms with Crippen LogP contribution in [-0.4, -0.2) is 0 Å². The summed E-state index contributed by atoms with van der Waals surface area (Å²) in [6.07, 6.45) is 0. The van der Waals surface area contributed by atoms with E-state index in [2.05, 4.69) is 328 Å². The maximum absolute atomic E-state index is 2.39. The molecule has 17 rings (SSSR count). The molecule has 0 heterocycles. The third kappa shape index (κ3) is 8.38. The quantitative estimate of drug-likeness (QED) is 0.115. The van der Waals surface area contributed by atoms with E-state index < -0.39 is 0 Å². The normalized spacial score (nSPS) is 11.6. The first-order chi connectivity index (χ1) is 41.7. The summed E-state index contributed by atoms with van der Waals surface area (Å²) in [7, 11) is 0. The van der Waals surface area contributed by atoms with Crippen molar-refractivity contribution in [2.24, 2.45) is 0 Å². The van der Waals surface area contributed by atoms with E-state index in [4.69, 9.17) is 0 Å². The average molecular weight is 1060 g/mol. The second-order valence-electron chi connectivity index (χ2n) is 22.2. The number of hydrogen-bond donors (Lipinski definition) is 0. The molecule has 0 unspecified atom stereocenters. The third-order valence-electron chi connectivity index (χ3n) is 17.4. The standard InChI is InChI=1S/C44H28.C40H26/c1-3-15-33-29(12-1)14-11-23-34(33)30-24-26-31(27-25-30)43-38-19-7-9-21-40(38)44(41-22-10-8-20-39(41)43)42-28-32-13-2-4-16-35(32)36-17-5-6-18-37(36)42;1-2-10-27(11-3-1)30-19-20-32-26-34(23-21-31(32)24-30)40-37-16-8-6-14-35(37)39(36-15-7-9-17-38(36)40)33-22-18-28-12-4-5-13-29(28)25-33/h1-28H;1-26H. The Kier molecular flexibility index (Phi) is 12.0. The fourth-order valence-corrected chi connectivity index (χ4v) is 13.6. The van der Waals surface area contributed by atoms with Crippen LogP contribution >= 0.6 is 0 Å². The molecule has 0 atom stereocenters. The lowest BCUT2D eigenvalue weighted by Crippen LogP contribution is -1.92. The summed E-state index contributed by atoms with van der Waals surface area (Å²) in [6.45, 7) is 0. The maximum atomic E-state index is 2.39. The molecule has 84 heavy (non-hydrogen) atoms. The Labute approximate surface area is 488 Å². The molecular weight excluding hydrogens is 1010 g/mol. The average Bonchev–Trinajstić information content (AvgIpc) is 3.71. The lowest BCUT2D eigenvalue weighted by atomic mass is 9.83. The van der Waals surface area contributed by atoms with Crippen LogP contribution in [-0.2, 0) is 0 Å². The number of rotatable bonds is 6. The molecule has 0 aromatic heterocycles. The van der Waals surface area contributed by atoms with Gasteiger partial charge in [-0.15, -0.1) is 0 Å². The van der Waals surface area contributed by atoms with E-state index in [1.54, 1.807) is 0 Å². The van der Waals surface area contributed by atoms with Crippen molar-refractivity contribution in [2.45, 2.75) is 0 Å². The van der Waals surface area contributed by atoms with Gasteiger partial charge in [0.05, 0.1) is 0 Å². The molecule has 0 aliphatic carbocycles. The zero-order chi connectivity index (χ0) is 55.5. The van der Waals surface area contributed by atoms with Crippen LogP contribution in [0.4, 0.5) is 0 Å². The van der Waals surface area contributed by atoms with Crippen LogP contribution < -0.4 is 0 Å². The molecule has 0 aliphatic rings. The van der Waals surface area contributed by atoms with Crippen LogP contribution in [0.5, 0.6) is 0 Å². The van der Waals surface area contributed by atoms with Gasteiger partial charge >= 0.3 is 0 Å². The lowest BCUT2D eigenvalue weighted by molar-refractivity contribution is 1.63. The van der Waals surface area contributed by atoms with Gasteiger partial charge in [-0.1, -0.05) is 303 Å². The van der Waals surface area contributed by atoms with E-state index in [9.17, 15) is 0 Å². The molecule has 0 amide bonds. The largest absolute Gasteiger partial charge is 0.0622 e. The number of fused-ring (bicyclic) bond motifs is 10. The highest BCUT2D eigenvalue weighted by Crippen LogP contribution is 2.48. The molecule has 0 saturated carbocycles. The minimum absolute atomic E-state index is 1.23. The van der Waals surface area contributed by atoms with Crippen LogP contribution in [0.2, 0.25) is 0 Å². The predicted octanol–water partition coefficient (Wildman–Crippen LogP) is 23.8. The van der Waals surface area contributed by atoms with Crippen molar-refractivity contribution < 1.29 is 0 Å². The fourth-order valence-electron chi connectivity index (χ4n) is 13.6. The maximum Gasteiger partial charge on any atom is -0.00199 e. The summed E-state index contributed by atoms with van der Waals surface area (Å²) in [5.41, 5.74) is 15.2. The molecule has 17 aromatic rings. The van der Waals surface area contributed by atoms with Crippen molar-refractivity contribution in [2.75, 3.05) is 0 Å². The van der Waals surface area contributed by atoms with Gasteiger partial charge in [-0.3, -0.25) is 0 Å². The Bertz CT molecular complexity index is 5300. The van der Waals surface area contributed by atoms with Gasteiger partial charge in [0.15, 0.2) is 0 Å². The molecule has 17 aromatic carbocycles. The zero-order valence-electron chi connectivity index (χ0n) is 46.2. The minimum atomic E-state index is 1.23. The molecule has 0 aliphatic heterocycles. The van der Waals surface area contributed by atoms with Crippen molar-refractivity contribution in [1.29, 1.82) is 0 Å². The molecule has 0 radical (unpaired) electrons. The zero-order valence-corrected chi connectivity index (χ0v) is 46.2. The molecule has 0 spiro atoms. The van der Waals surface area contributed by atoms with Gasteiger partial charge in [-0.2, -0.15) is 0 Å². The highest BCUT2D eigenvalue weighted by molar-refractivity contribution is 6.26. The minimum Gasteiger partial charge on any atom is -0.0622 e. The van der Waals surface area contributed by atoms with Crippen molar-refractivity contribution in [3.05, 3.63) is 328 Å². The fraction of sp³-hybridized carbons (Fsp3) is 0. The van der Waals surface area contributed by atoms with Gasteiger partial charge in [-0.25, -0.2) is 0 Å². The Morgan fingerprint density at radius 3 is 1.02 bits per heavy atom. The van der Waals surface area contributed by atoms with Crippen LogP contribution in [0.25, 0.3) is 164 Å². The van der Waals surface area contributed by atoms with Crippen LogP contribution in [0.1, 0.15) is 0 Å². The van der Waals surface area contributed by atoms with Crippen molar-refractivity contribution in [3.63, 3.8) is 0 Å². The second kappa shape index (κ2) is 20.6. The van der Waals surface area contributed by atoms with E-state index in [0.717, 1.165) is 0 Å². The Hall–Kier alpha value is -10.9. The van der Waals surface area contributed by atoms with E-state index in [0.29, 0.717) is 0 Å². The summed E-state index contributed by atoms with van der Waals surface area (Å²) in [6, 6.07) is 120. The van der Waals surface area contributed by atoms with Gasteiger partial charge in [0.25, 0.3) is 0 Å². The summed E-state index contributed by atoms with van der Waals surface area (Å²) in [5, 5.41) is 23.0. The highest BCUT2D eigenvalue weighted by Gasteiger charge is 2.21. The van der Waals surface area contributed by atoms with Crippen LogP contribution in [0, 0.1) is 0 Å². The van der Waals surface area contributed by atoms with Crippen LogP contribution in [0.15, 0.2) is 328 Å². The van der Waals surface area contributed by atoms with E-state index in [-0.39, 0.29) is 0 Å². The van der Waals surface area contributed by atoms with Crippen molar-refractivity contribution in [3.8, 4) is 66.8 Å². The predicted molar refractivity (Wildman–Crippen MR) is 363 cm³/mol. The molecule has 0 bridgehead atoms. The van der Waals surface area contributed by atoms with Crippen LogP contribution in [0.3, 0.4) is 0 Å². The molecule has 0 fully saturated rings. The Balaban J connectivity index is 0.000000138. The molecule has 0 N–H and O–H groups in total. The third-order valence-corrected chi connectivity index (χ3v) is 17.4. The topological polar surface area (TPSA) is 0 Å². The summed E-state index contributed by atoms with van der Waals surface area (Å²) in [5.74, 6) is 0. The first-order valence-electron chi connectivity index (χ1n) is 29.1. The lowest BCUT2D eigenvalue weighted by Gasteiger charge is -2.19. The number of benzene rings is 17. The van der Waals surface area contributed by atoms with E-state index >= 15 is 0 Å². The SMILES string of the molecule is c1ccc(-c2ccc3cc(-c4c5ccccc5c(-c5ccc6ccccc6c5)c5ccccc45)ccc3c2)cc1.c1ccc2c(-c3ccc(-c4c5ccccc5c(-c5cc6ccccc6c6ccccc56)c5ccccc45)cc3)cccc2c1. The van der Waals surface area contributed by atoms with Gasteiger partial charge in [0, 0.05) is 0 Å². The van der Waals surface area contributed by atoms with E-state index in [1.807, 2.05) is 0 Å². The van der Waals surface area contributed by atoms with E-state index in [1.165, 1.54) is 164 Å². The van der Waals surface area contributed by atoms with Gasteiger partial charge in [-0.05, 0) is 188 Å². The van der Waals surface area contributed by atoms with Crippen molar-refractivity contribution in [1.82, 2.24) is 0 Å². The Morgan fingerprint density at radius 2 is 0.464 bits per heavy atom. The second-order valence-corrected chi connectivity index (χ2v) is 22.2. The highest BCUT2D eigenvalue weighted by atomic mass is 14.2. The van der Waals surface area contributed by atoms with Crippen molar-refractivity contribution >= 4 is 97.0 Å². The van der Waals surface area contributed by atoms with Gasteiger partial charge < -0.3 is 0 Å². The molecule has 0 nitrogen and oxygen atoms in total. The number of hydrogen-bond acceptors (Lipinski definition) is 0. The van der Waals surface area contributed by atoms with Gasteiger partial charge in [0.1, 0.15) is 0 Å². The molecular formula is C84H54. The monoisotopic (exact) mass is 1060 g/mol. The summed E-state index contributed by atoms with van der Waals surface area (Å²) in [4.78, 5) is 0. The molecule has 0 saturated heterocycles. The summed E-state index contributed by atoms with van der Waals surface area (Å²) < 4.78 is 0. The smallest absolute Gasteiger partial charge is 0.00199 e. The Morgan fingerprint density at radius 1 is 0.119 bits per heavy atom. The first-order valence-corrected chi connectivity index (χ1v) is 29.1. The molecule has 390 valence electrons. The summed E-state index contributed by atoms with van der Waals surface area (Å²) >= 11 is 0. The van der Waals surface area contributed by atoms with Gasteiger partial charge in [0.2, 0.25) is 0 Å².